The summed E-state index contributed by atoms with van der Waals surface area (Å²) in [6.45, 7) is 5.88. The summed E-state index contributed by atoms with van der Waals surface area (Å²) in [5, 5.41) is 14.2. The maximum absolute atomic E-state index is 10.8. The number of nitrogens with one attached hydrogen (secondary N) is 1. The molecule has 0 amide bonds. The zero-order valence-electron chi connectivity index (χ0n) is 11.6. The zero-order valence-corrected chi connectivity index (χ0v) is 13.2. The Balaban J connectivity index is 1.80. The Labute approximate surface area is 127 Å². The molecule has 0 aromatic heterocycles. The highest BCUT2D eigenvalue weighted by Gasteiger charge is 2.26. The van der Waals surface area contributed by atoms with Gasteiger partial charge in [0.05, 0.1) is 4.92 Å². The van der Waals surface area contributed by atoms with E-state index in [-0.39, 0.29) is 10.6 Å². The summed E-state index contributed by atoms with van der Waals surface area (Å²) >= 11 is 3.31. The second kappa shape index (κ2) is 7.15. The first-order valence-electron chi connectivity index (χ1n) is 6.98. The van der Waals surface area contributed by atoms with Crippen molar-refractivity contribution in [1.29, 1.82) is 0 Å². The van der Waals surface area contributed by atoms with Crippen LogP contribution in [0.4, 0.5) is 5.69 Å². The van der Waals surface area contributed by atoms with Crippen molar-refractivity contribution in [3.05, 3.63) is 38.3 Å². The molecule has 1 aliphatic rings. The Bertz CT molecular complexity index is 477. The lowest BCUT2D eigenvalue weighted by Crippen LogP contribution is -2.33. The first kappa shape index (κ1) is 15.4. The smallest absolute Gasteiger partial charge is 0.270 e. The average Bonchev–Trinajstić information content (AvgIpc) is 3.22. The van der Waals surface area contributed by atoms with Crippen LogP contribution in [0.2, 0.25) is 0 Å². The van der Waals surface area contributed by atoms with E-state index in [1.165, 1.54) is 18.9 Å². The molecule has 110 valence electrons. The molecule has 0 unspecified atom stereocenters. The monoisotopic (exact) mass is 341 g/mol. The topological polar surface area (TPSA) is 58.4 Å². The van der Waals surface area contributed by atoms with Crippen LogP contribution in [0, 0.1) is 10.1 Å². The van der Waals surface area contributed by atoms with Crippen molar-refractivity contribution in [3.8, 4) is 0 Å². The maximum Gasteiger partial charge on any atom is 0.270 e. The van der Waals surface area contributed by atoms with Gasteiger partial charge in [0.1, 0.15) is 0 Å². The standard InChI is InChI=1S/C14H20BrN3O2/c1-2-17(13-3-4-13)6-5-16-10-11-7-12(15)9-14(8-11)18(19)20/h7-9,13,16H,2-6,10H2,1H3. The van der Waals surface area contributed by atoms with Crippen LogP contribution in [0.3, 0.4) is 0 Å². The zero-order chi connectivity index (χ0) is 14.5. The Morgan fingerprint density at radius 2 is 2.20 bits per heavy atom. The molecule has 5 nitrogen and oxygen atoms in total. The fourth-order valence-corrected chi connectivity index (χ4v) is 2.86. The van der Waals surface area contributed by atoms with Gasteiger partial charge in [-0.05, 0) is 31.0 Å². The number of nitro benzene ring substituents is 1. The molecular weight excluding hydrogens is 322 g/mol. The lowest BCUT2D eigenvalue weighted by molar-refractivity contribution is -0.385. The molecule has 1 fully saturated rings. The van der Waals surface area contributed by atoms with Crippen LogP contribution in [0.5, 0.6) is 0 Å². The molecule has 0 heterocycles. The Morgan fingerprint density at radius 3 is 2.80 bits per heavy atom. The molecule has 0 radical (unpaired) electrons. The molecule has 0 saturated heterocycles. The number of likely N-dealkylation sites (N-methyl/N-ethyl adjacent to an activating group) is 1. The van der Waals surface area contributed by atoms with Gasteiger partial charge in [-0.2, -0.15) is 0 Å². The van der Waals surface area contributed by atoms with E-state index in [1.54, 1.807) is 6.07 Å². The molecule has 1 saturated carbocycles. The van der Waals surface area contributed by atoms with E-state index in [4.69, 9.17) is 0 Å². The normalized spacial score (nSPS) is 14.8. The van der Waals surface area contributed by atoms with Crippen LogP contribution in [0.15, 0.2) is 22.7 Å². The minimum Gasteiger partial charge on any atom is -0.311 e. The van der Waals surface area contributed by atoms with Crippen LogP contribution in [-0.2, 0) is 6.54 Å². The number of rotatable bonds is 8. The Hall–Kier alpha value is -0.980. The van der Waals surface area contributed by atoms with Crippen LogP contribution in [-0.4, -0.2) is 35.5 Å². The van der Waals surface area contributed by atoms with Crippen LogP contribution in [0.1, 0.15) is 25.3 Å². The number of non-ortho nitro benzene ring substituents is 1. The lowest BCUT2D eigenvalue weighted by atomic mass is 10.2. The highest BCUT2D eigenvalue weighted by molar-refractivity contribution is 9.10. The molecule has 1 aromatic rings. The third-order valence-corrected chi connectivity index (χ3v) is 3.99. The predicted molar refractivity (Wildman–Crippen MR) is 82.8 cm³/mol. The molecule has 1 N–H and O–H groups in total. The van der Waals surface area contributed by atoms with Crippen LogP contribution >= 0.6 is 15.9 Å². The molecule has 0 aliphatic heterocycles. The van der Waals surface area contributed by atoms with E-state index in [9.17, 15) is 10.1 Å². The molecule has 20 heavy (non-hydrogen) atoms. The van der Waals surface area contributed by atoms with Gasteiger partial charge < -0.3 is 5.32 Å². The minimum absolute atomic E-state index is 0.129. The van der Waals surface area contributed by atoms with E-state index in [0.29, 0.717) is 6.54 Å². The van der Waals surface area contributed by atoms with Gasteiger partial charge in [0.2, 0.25) is 0 Å². The highest BCUT2D eigenvalue weighted by atomic mass is 79.9. The number of hydrogen-bond donors (Lipinski definition) is 1. The minimum atomic E-state index is -0.361. The van der Waals surface area contributed by atoms with Crippen LogP contribution < -0.4 is 5.32 Å². The SMILES string of the molecule is CCN(CCNCc1cc(Br)cc([N+](=O)[O-])c1)C1CC1. The summed E-state index contributed by atoms with van der Waals surface area (Å²) in [6, 6.07) is 5.85. The first-order valence-corrected chi connectivity index (χ1v) is 7.78. The third kappa shape index (κ3) is 4.54. The number of benzene rings is 1. The van der Waals surface area contributed by atoms with Gasteiger partial charge >= 0.3 is 0 Å². The molecule has 0 bridgehead atoms. The quantitative estimate of drug-likeness (QED) is 0.448. The van der Waals surface area contributed by atoms with Gasteiger partial charge in [-0.15, -0.1) is 0 Å². The molecule has 2 rings (SSSR count). The second-order valence-electron chi connectivity index (χ2n) is 5.11. The summed E-state index contributed by atoms with van der Waals surface area (Å²) in [5.41, 5.74) is 1.06. The summed E-state index contributed by atoms with van der Waals surface area (Å²) in [5.74, 6) is 0. The Morgan fingerprint density at radius 1 is 1.45 bits per heavy atom. The third-order valence-electron chi connectivity index (χ3n) is 3.53. The first-order chi connectivity index (χ1) is 9.60. The predicted octanol–water partition coefficient (Wildman–Crippen LogP) is 2.93. The number of hydrogen-bond acceptors (Lipinski definition) is 4. The van der Waals surface area contributed by atoms with E-state index in [0.717, 1.165) is 35.7 Å². The van der Waals surface area contributed by atoms with E-state index in [2.05, 4.69) is 33.1 Å². The number of halogens is 1. The van der Waals surface area contributed by atoms with Crippen molar-refractivity contribution in [3.63, 3.8) is 0 Å². The summed E-state index contributed by atoms with van der Waals surface area (Å²) in [7, 11) is 0. The maximum atomic E-state index is 10.8. The lowest BCUT2D eigenvalue weighted by Gasteiger charge is -2.19. The van der Waals surface area contributed by atoms with Gasteiger partial charge in [0, 0.05) is 42.3 Å². The highest BCUT2D eigenvalue weighted by Crippen LogP contribution is 2.26. The fourth-order valence-electron chi connectivity index (χ4n) is 2.33. The van der Waals surface area contributed by atoms with Gasteiger partial charge in [-0.1, -0.05) is 22.9 Å². The van der Waals surface area contributed by atoms with Gasteiger partial charge in [-0.25, -0.2) is 0 Å². The van der Waals surface area contributed by atoms with E-state index >= 15 is 0 Å². The van der Waals surface area contributed by atoms with Crippen molar-refractivity contribution >= 4 is 21.6 Å². The van der Waals surface area contributed by atoms with Crippen molar-refractivity contribution in [2.45, 2.75) is 32.4 Å². The van der Waals surface area contributed by atoms with Crippen LogP contribution in [0.25, 0.3) is 0 Å². The number of nitro groups is 1. The van der Waals surface area contributed by atoms with Gasteiger partial charge in [0.15, 0.2) is 0 Å². The van der Waals surface area contributed by atoms with Crippen molar-refractivity contribution in [2.24, 2.45) is 0 Å². The van der Waals surface area contributed by atoms with Crippen molar-refractivity contribution in [2.75, 3.05) is 19.6 Å². The number of nitrogens with zero attached hydrogens (tertiary/aromatic N) is 2. The van der Waals surface area contributed by atoms with Gasteiger partial charge in [-0.3, -0.25) is 15.0 Å². The summed E-state index contributed by atoms with van der Waals surface area (Å²) in [4.78, 5) is 12.9. The van der Waals surface area contributed by atoms with E-state index < -0.39 is 0 Å². The molecule has 0 spiro atoms. The summed E-state index contributed by atoms with van der Waals surface area (Å²) < 4.78 is 0.747. The van der Waals surface area contributed by atoms with Gasteiger partial charge in [0.25, 0.3) is 5.69 Å². The van der Waals surface area contributed by atoms with Crippen molar-refractivity contribution < 1.29 is 4.92 Å². The molecule has 1 aromatic carbocycles. The van der Waals surface area contributed by atoms with E-state index in [1.807, 2.05) is 6.07 Å². The largest absolute Gasteiger partial charge is 0.311 e. The average molecular weight is 342 g/mol. The summed E-state index contributed by atoms with van der Waals surface area (Å²) in [6.07, 6.45) is 2.65. The molecular formula is C14H20BrN3O2. The molecule has 1 aliphatic carbocycles. The molecule has 0 atom stereocenters. The molecule has 6 heteroatoms. The fraction of sp³-hybridized carbons (Fsp3) is 0.571. The Kier molecular flexibility index (Phi) is 5.51. The second-order valence-corrected chi connectivity index (χ2v) is 6.03. The van der Waals surface area contributed by atoms with Crippen molar-refractivity contribution in [1.82, 2.24) is 10.2 Å².